The normalized spacial score (nSPS) is 21.4. The molecule has 0 saturated heterocycles. The van der Waals surface area contributed by atoms with Gasteiger partial charge in [0.1, 0.15) is 28.8 Å². The molecule has 1 aliphatic heterocycles. The van der Waals surface area contributed by atoms with E-state index in [-0.39, 0.29) is 29.0 Å². The van der Waals surface area contributed by atoms with Crippen LogP contribution in [0, 0.1) is 0 Å². The fourth-order valence-corrected chi connectivity index (χ4v) is 2.83. The van der Waals surface area contributed by atoms with Crippen LogP contribution in [0.5, 0.6) is 11.5 Å². The van der Waals surface area contributed by atoms with Gasteiger partial charge in [-0.15, -0.1) is 0 Å². The number of hydrogen-bond donors (Lipinski definition) is 1. The summed E-state index contributed by atoms with van der Waals surface area (Å²) in [5.41, 5.74) is -0.299. The number of hydrogen-bond acceptors (Lipinski definition) is 7. The van der Waals surface area contributed by atoms with Crippen molar-refractivity contribution >= 4 is 18.0 Å². The van der Waals surface area contributed by atoms with Gasteiger partial charge in [-0.25, -0.2) is 14.4 Å². The highest BCUT2D eigenvalue weighted by Gasteiger charge is 2.36. The van der Waals surface area contributed by atoms with Crippen LogP contribution in [0.2, 0.25) is 0 Å². The Hall–Kier alpha value is -2.77. The Labute approximate surface area is 150 Å². The van der Waals surface area contributed by atoms with Crippen molar-refractivity contribution in [1.82, 2.24) is 5.32 Å². The lowest BCUT2D eigenvalue weighted by Gasteiger charge is -2.36. The highest BCUT2D eigenvalue weighted by molar-refractivity contribution is 6.16. The Bertz CT molecular complexity index is 760. The molecule has 0 radical (unpaired) electrons. The molecule has 1 aromatic rings. The molecule has 1 heterocycles. The van der Waals surface area contributed by atoms with Crippen molar-refractivity contribution in [1.29, 1.82) is 0 Å². The lowest BCUT2D eigenvalue weighted by molar-refractivity contribution is 0.0358. The Morgan fingerprint density at radius 2 is 1.88 bits per heavy atom. The second-order valence-electron chi connectivity index (χ2n) is 7.28. The maximum atomic E-state index is 11.7. The van der Waals surface area contributed by atoms with E-state index in [4.69, 9.17) is 14.2 Å². The molecule has 0 atom stereocenters. The number of fused-ring (bicyclic) bond motifs is 1. The molecule has 8 heteroatoms. The zero-order valence-corrected chi connectivity index (χ0v) is 15.1. The quantitative estimate of drug-likeness (QED) is 0.648. The van der Waals surface area contributed by atoms with E-state index in [1.54, 1.807) is 26.8 Å². The number of esters is 2. The van der Waals surface area contributed by atoms with Crippen LogP contribution < -0.4 is 14.8 Å². The van der Waals surface area contributed by atoms with Crippen LogP contribution in [0.25, 0.3) is 0 Å². The van der Waals surface area contributed by atoms with Crippen LogP contribution in [0.4, 0.5) is 4.79 Å². The van der Waals surface area contributed by atoms with E-state index in [0.29, 0.717) is 18.6 Å². The molecule has 8 nitrogen and oxygen atoms in total. The minimum absolute atomic E-state index is 0.0299. The first-order chi connectivity index (χ1) is 12.2. The SMILES string of the molecule is COc1cc(OC2CC(NC(=O)OC(C)(C)C)C2)cc2c1C(=O)OC2=O. The van der Waals surface area contributed by atoms with Crippen LogP contribution in [0.1, 0.15) is 54.3 Å². The maximum absolute atomic E-state index is 11.7. The predicted molar refractivity (Wildman–Crippen MR) is 89.5 cm³/mol. The van der Waals surface area contributed by atoms with Gasteiger partial charge >= 0.3 is 18.0 Å². The van der Waals surface area contributed by atoms with Crippen molar-refractivity contribution in [3.63, 3.8) is 0 Å². The molecular formula is C18H21NO7. The van der Waals surface area contributed by atoms with Crippen LogP contribution in [0.15, 0.2) is 12.1 Å². The Kier molecular flexibility index (Phi) is 4.52. The van der Waals surface area contributed by atoms with Crippen LogP contribution >= 0.6 is 0 Å². The third-order valence-electron chi connectivity index (χ3n) is 4.02. The number of carbonyl (C=O) groups is 3. The van der Waals surface area contributed by atoms with Crippen molar-refractivity contribution < 1.29 is 33.3 Å². The highest BCUT2D eigenvalue weighted by atomic mass is 16.6. The number of carbonyl (C=O) groups excluding carboxylic acids is 3. The van der Waals surface area contributed by atoms with Crippen molar-refractivity contribution in [2.24, 2.45) is 0 Å². The van der Waals surface area contributed by atoms with Gasteiger partial charge in [-0.1, -0.05) is 0 Å². The molecular weight excluding hydrogens is 342 g/mol. The summed E-state index contributed by atoms with van der Waals surface area (Å²) < 4.78 is 20.8. The third kappa shape index (κ3) is 3.74. The highest BCUT2D eigenvalue weighted by Crippen LogP contribution is 2.35. The fourth-order valence-electron chi connectivity index (χ4n) is 2.83. The molecule has 1 fully saturated rings. The van der Waals surface area contributed by atoms with Crippen molar-refractivity contribution in [2.75, 3.05) is 7.11 Å². The Balaban J connectivity index is 1.59. The lowest BCUT2D eigenvalue weighted by atomic mass is 9.89. The summed E-state index contributed by atoms with van der Waals surface area (Å²) in [6, 6.07) is 2.99. The zero-order valence-electron chi connectivity index (χ0n) is 15.1. The van der Waals surface area contributed by atoms with E-state index < -0.39 is 23.6 Å². The van der Waals surface area contributed by atoms with Gasteiger partial charge in [-0.3, -0.25) is 0 Å². The first-order valence-corrected chi connectivity index (χ1v) is 8.31. The molecule has 0 aromatic heterocycles. The number of methoxy groups -OCH3 is 1. The summed E-state index contributed by atoms with van der Waals surface area (Å²) in [6.07, 6.45) is 0.650. The largest absolute Gasteiger partial charge is 0.496 e. The van der Waals surface area contributed by atoms with Gasteiger partial charge in [0.2, 0.25) is 0 Å². The summed E-state index contributed by atoms with van der Waals surface area (Å²) in [4.78, 5) is 35.2. The van der Waals surface area contributed by atoms with Gasteiger partial charge in [0.15, 0.2) is 0 Å². The second kappa shape index (κ2) is 6.51. The first-order valence-electron chi connectivity index (χ1n) is 8.31. The van der Waals surface area contributed by atoms with E-state index in [2.05, 4.69) is 10.1 Å². The molecule has 140 valence electrons. The topological polar surface area (TPSA) is 100 Å². The summed E-state index contributed by atoms with van der Waals surface area (Å²) >= 11 is 0. The number of alkyl carbamates (subject to hydrolysis) is 1. The molecule has 0 bridgehead atoms. The Morgan fingerprint density at radius 3 is 2.50 bits per heavy atom. The molecule has 1 amide bonds. The van der Waals surface area contributed by atoms with E-state index in [1.165, 1.54) is 13.2 Å². The molecule has 1 aromatic carbocycles. The monoisotopic (exact) mass is 363 g/mol. The van der Waals surface area contributed by atoms with E-state index in [9.17, 15) is 14.4 Å². The second-order valence-corrected chi connectivity index (χ2v) is 7.28. The lowest BCUT2D eigenvalue weighted by Crippen LogP contribution is -2.50. The van der Waals surface area contributed by atoms with E-state index >= 15 is 0 Å². The van der Waals surface area contributed by atoms with Crippen LogP contribution in [-0.4, -0.2) is 42.9 Å². The smallest absolute Gasteiger partial charge is 0.407 e. The van der Waals surface area contributed by atoms with E-state index in [1.807, 2.05) is 0 Å². The van der Waals surface area contributed by atoms with Gasteiger partial charge in [0.25, 0.3) is 0 Å². The molecule has 0 unspecified atom stereocenters. The molecule has 1 N–H and O–H groups in total. The van der Waals surface area contributed by atoms with Gasteiger partial charge in [0, 0.05) is 24.9 Å². The average Bonchev–Trinajstić information content (AvgIpc) is 2.77. The van der Waals surface area contributed by atoms with Gasteiger partial charge in [-0.05, 0) is 26.8 Å². The van der Waals surface area contributed by atoms with Gasteiger partial charge in [-0.2, -0.15) is 0 Å². The average molecular weight is 363 g/mol. The van der Waals surface area contributed by atoms with E-state index in [0.717, 1.165) is 0 Å². The standard InChI is InChI=1S/C18H21NO7/c1-18(2,3)26-17(22)19-9-5-10(6-9)24-11-7-12-14(13(8-11)23-4)16(21)25-15(12)20/h7-10H,5-6H2,1-4H3,(H,19,22). The minimum atomic E-state index is -0.723. The number of benzene rings is 1. The predicted octanol–water partition coefficient (Wildman–Crippen LogP) is 2.44. The Morgan fingerprint density at radius 1 is 1.19 bits per heavy atom. The zero-order chi connectivity index (χ0) is 19.1. The number of ether oxygens (including phenoxy) is 4. The van der Waals surface area contributed by atoms with Crippen LogP contribution in [-0.2, 0) is 9.47 Å². The fraction of sp³-hybridized carbons (Fsp3) is 0.500. The summed E-state index contributed by atoms with van der Waals surface area (Å²) in [7, 11) is 1.40. The van der Waals surface area contributed by atoms with Crippen molar-refractivity contribution in [3.05, 3.63) is 23.3 Å². The molecule has 26 heavy (non-hydrogen) atoms. The third-order valence-corrected chi connectivity index (χ3v) is 4.02. The maximum Gasteiger partial charge on any atom is 0.407 e. The van der Waals surface area contributed by atoms with Crippen LogP contribution in [0.3, 0.4) is 0 Å². The van der Waals surface area contributed by atoms with Crippen molar-refractivity contribution in [3.8, 4) is 11.5 Å². The van der Waals surface area contributed by atoms with Gasteiger partial charge < -0.3 is 24.3 Å². The number of nitrogens with one attached hydrogen (secondary N) is 1. The minimum Gasteiger partial charge on any atom is -0.496 e. The molecule has 1 saturated carbocycles. The number of amides is 1. The first kappa shape index (κ1) is 18.0. The summed E-state index contributed by atoms with van der Waals surface area (Å²) in [5.74, 6) is -0.797. The molecule has 2 aliphatic rings. The summed E-state index contributed by atoms with van der Waals surface area (Å²) in [6.45, 7) is 5.41. The van der Waals surface area contributed by atoms with Crippen molar-refractivity contribution in [2.45, 2.75) is 51.4 Å². The molecule has 0 spiro atoms. The molecule has 3 rings (SSSR count). The number of rotatable bonds is 4. The number of cyclic esters (lactones) is 2. The summed E-state index contributed by atoms with van der Waals surface area (Å²) in [5, 5.41) is 2.78. The molecule has 1 aliphatic carbocycles. The van der Waals surface area contributed by atoms with Gasteiger partial charge in [0.05, 0.1) is 12.7 Å².